The summed E-state index contributed by atoms with van der Waals surface area (Å²) in [5.74, 6) is -0.0581. The Kier molecular flexibility index (Phi) is 3.88. The summed E-state index contributed by atoms with van der Waals surface area (Å²) in [6.07, 6.45) is 0. The molecule has 2 N–H and O–H groups in total. The number of carbonyl (C=O) groups excluding carboxylic acids is 1. The third kappa shape index (κ3) is 3.07. The van der Waals surface area contributed by atoms with Crippen molar-refractivity contribution in [3.63, 3.8) is 0 Å². The van der Waals surface area contributed by atoms with E-state index in [4.69, 9.17) is 10.0 Å². The van der Waals surface area contributed by atoms with Gasteiger partial charge in [0.2, 0.25) is 5.91 Å². The summed E-state index contributed by atoms with van der Waals surface area (Å²) in [7, 11) is 0.171. The van der Waals surface area contributed by atoms with Gasteiger partial charge in [-0.3, -0.25) is 4.79 Å². The molecule has 0 atom stereocenters. The molecule has 5 heteroatoms. The molecule has 0 saturated heterocycles. The molecule has 0 aliphatic carbocycles. The van der Waals surface area contributed by atoms with E-state index < -0.39 is 7.12 Å². The van der Waals surface area contributed by atoms with Gasteiger partial charge in [-0.05, 0) is 11.0 Å². The molecule has 15 heavy (non-hydrogen) atoms. The lowest BCUT2D eigenvalue weighted by atomic mass is 9.77. The van der Waals surface area contributed by atoms with Crippen molar-refractivity contribution in [2.75, 3.05) is 7.05 Å². The first-order valence-corrected chi connectivity index (χ1v) is 4.68. The van der Waals surface area contributed by atoms with E-state index in [1.807, 2.05) is 0 Å². The summed E-state index contributed by atoms with van der Waals surface area (Å²) in [4.78, 5) is 12.5. The monoisotopic (exact) mass is 207 g/mol. The molecule has 0 aliphatic rings. The van der Waals surface area contributed by atoms with E-state index in [-0.39, 0.29) is 5.91 Å². The molecular formula is C10H14BNO3. The van der Waals surface area contributed by atoms with Crippen LogP contribution in [0.5, 0.6) is 0 Å². The summed E-state index contributed by atoms with van der Waals surface area (Å²) in [6, 6.07) is 6.93. The van der Waals surface area contributed by atoms with Crippen LogP contribution >= 0.6 is 0 Å². The third-order valence-electron chi connectivity index (χ3n) is 2.28. The summed E-state index contributed by atoms with van der Waals surface area (Å²) < 4.78 is 0. The second kappa shape index (κ2) is 4.95. The topological polar surface area (TPSA) is 60.8 Å². The van der Waals surface area contributed by atoms with Gasteiger partial charge in [0.1, 0.15) is 0 Å². The van der Waals surface area contributed by atoms with Crippen molar-refractivity contribution in [2.45, 2.75) is 13.5 Å². The molecule has 1 amide bonds. The van der Waals surface area contributed by atoms with E-state index in [0.29, 0.717) is 12.0 Å². The van der Waals surface area contributed by atoms with Gasteiger partial charge in [0.15, 0.2) is 0 Å². The second-order valence-corrected chi connectivity index (χ2v) is 3.45. The predicted octanol–water partition coefficient (Wildman–Crippen LogP) is -0.655. The first-order valence-electron chi connectivity index (χ1n) is 4.68. The Morgan fingerprint density at radius 1 is 1.40 bits per heavy atom. The standard InChI is InChI=1S/C10H14BNO3/c1-8(13)12(2)7-9-5-3-4-6-10(9)11(14)15/h3-6,14-15H,7H2,1-2H3. The molecule has 0 heterocycles. The molecule has 0 unspecified atom stereocenters. The van der Waals surface area contributed by atoms with Gasteiger partial charge in [-0.1, -0.05) is 24.3 Å². The van der Waals surface area contributed by atoms with Crippen molar-refractivity contribution < 1.29 is 14.8 Å². The number of nitrogens with zero attached hydrogens (tertiary/aromatic N) is 1. The number of amides is 1. The Morgan fingerprint density at radius 2 is 2.00 bits per heavy atom. The van der Waals surface area contributed by atoms with Crippen molar-refractivity contribution >= 4 is 18.5 Å². The molecule has 1 aromatic rings. The molecule has 0 aromatic heterocycles. The Bertz CT molecular complexity index is 354. The van der Waals surface area contributed by atoms with Gasteiger partial charge in [-0.2, -0.15) is 0 Å². The van der Waals surface area contributed by atoms with E-state index in [1.165, 1.54) is 11.8 Å². The van der Waals surface area contributed by atoms with Gasteiger partial charge < -0.3 is 14.9 Å². The van der Waals surface area contributed by atoms with Crippen LogP contribution in [0, 0.1) is 0 Å². The smallest absolute Gasteiger partial charge is 0.423 e. The molecular weight excluding hydrogens is 193 g/mol. The van der Waals surface area contributed by atoms with Crippen LogP contribution < -0.4 is 5.46 Å². The minimum absolute atomic E-state index is 0.0581. The van der Waals surface area contributed by atoms with Gasteiger partial charge in [0, 0.05) is 20.5 Å². The molecule has 0 spiro atoms. The van der Waals surface area contributed by atoms with Crippen LogP contribution in [0.1, 0.15) is 12.5 Å². The van der Waals surface area contributed by atoms with Crippen LogP contribution in [0.2, 0.25) is 0 Å². The van der Waals surface area contributed by atoms with Crippen molar-refractivity contribution in [1.29, 1.82) is 0 Å². The van der Waals surface area contributed by atoms with Gasteiger partial charge in [0.25, 0.3) is 0 Å². The van der Waals surface area contributed by atoms with E-state index >= 15 is 0 Å². The maximum atomic E-state index is 11.0. The minimum Gasteiger partial charge on any atom is -0.423 e. The maximum absolute atomic E-state index is 11.0. The number of rotatable bonds is 3. The van der Waals surface area contributed by atoms with E-state index in [2.05, 4.69) is 0 Å². The minimum atomic E-state index is -1.50. The SMILES string of the molecule is CC(=O)N(C)Cc1ccccc1B(O)O. The molecule has 4 nitrogen and oxygen atoms in total. The van der Waals surface area contributed by atoms with E-state index in [9.17, 15) is 4.79 Å². The fourth-order valence-electron chi connectivity index (χ4n) is 1.30. The van der Waals surface area contributed by atoms with Crippen LogP contribution in [0.15, 0.2) is 24.3 Å². The average molecular weight is 207 g/mol. The normalized spacial score (nSPS) is 9.87. The fraction of sp³-hybridized carbons (Fsp3) is 0.300. The maximum Gasteiger partial charge on any atom is 0.488 e. The average Bonchev–Trinajstić information content (AvgIpc) is 2.18. The van der Waals surface area contributed by atoms with E-state index in [1.54, 1.807) is 31.3 Å². The first-order chi connectivity index (χ1) is 7.02. The zero-order chi connectivity index (χ0) is 11.4. The highest BCUT2D eigenvalue weighted by Crippen LogP contribution is 2.01. The molecule has 1 rings (SSSR count). The quantitative estimate of drug-likeness (QED) is 0.647. The van der Waals surface area contributed by atoms with Crippen LogP contribution in [0.4, 0.5) is 0 Å². The van der Waals surface area contributed by atoms with Gasteiger partial charge >= 0.3 is 7.12 Å². The number of benzene rings is 1. The zero-order valence-corrected chi connectivity index (χ0v) is 8.84. The summed E-state index contributed by atoms with van der Waals surface area (Å²) in [6.45, 7) is 1.85. The van der Waals surface area contributed by atoms with Crippen LogP contribution in [0.25, 0.3) is 0 Å². The number of carbonyl (C=O) groups is 1. The third-order valence-corrected chi connectivity index (χ3v) is 2.28. The van der Waals surface area contributed by atoms with E-state index in [0.717, 1.165) is 5.56 Å². The molecule has 0 bridgehead atoms. The van der Waals surface area contributed by atoms with Gasteiger partial charge in [-0.25, -0.2) is 0 Å². The van der Waals surface area contributed by atoms with Crippen LogP contribution in [-0.2, 0) is 11.3 Å². The Balaban J connectivity index is 2.89. The first kappa shape index (κ1) is 11.7. The summed E-state index contributed by atoms with van der Waals surface area (Å²) in [5, 5.41) is 18.2. The molecule has 0 fully saturated rings. The Morgan fingerprint density at radius 3 is 2.53 bits per heavy atom. The zero-order valence-electron chi connectivity index (χ0n) is 8.84. The number of hydrogen-bond donors (Lipinski definition) is 2. The predicted molar refractivity (Wildman–Crippen MR) is 58.4 cm³/mol. The highest BCUT2D eigenvalue weighted by atomic mass is 16.4. The lowest BCUT2D eigenvalue weighted by Crippen LogP contribution is -2.35. The lowest BCUT2D eigenvalue weighted by Gasteiger charge is -2.17. The number of hydrogen-bond acceptors (Lipinski definition) is 3. The van der Waals surface area contributed by atoms with Crippen LogP contribution in [0.3, 0.4) is 0 Å². The van der Waals surface area contributed by atoms with Crippen molar-refractivity contribution in [3.05, 3.63) is 29.8 Å². The van der Waals surface area contributed by atoms with Gasteiger partial charge in [-0.15, -0.1) is 0 Å². The van der Waals surface area contributed by atoms with Crippen molar-refractivity contribution in [3.8, 4) is 0 Å². The van der Waals surface area contributed by atoms with Crippen molar-refractivity contribution in [2.24, 2.45) is 0 Å². The highest BCUT2D eigenvalue weighted by molar-refractivity contribution is 6.59. The molecule has 0 aliphatic heterocycles. The largest absolute Gasteiger partial charge is 0.488 e. The molecule has 0 saturated carbocycles. The summed E-state index contributed by atoms with van der Waals surface area (Å²) in [5.41, 5.74) is 1.18. The lowest BCUT2D eigenvalue weighted by molar-refractivity contribution is -0.128. The highest BCUT2D eigenvalue weighted by Gasteiger charge is 2.16. The van der Waals surface area contributed by atoms with Gasteiger partial charge in [0.05, 0.1) is 0 Å². The van der Waals surface area contributed by atoms with Crippen LogP contribution in [-0.4, -0.2) is 35.0 Å². The molecule has 0 radical (unpaired) electrons. The Labute approximate surface area is 89.3 Å². The fourth-order valence-corrected chi connectivity index (χ4v) is 1.30. The second-order valence-electron chi connectivity index (χ2n) is 3.45. The molecule has 1 aromatic carbocycles. The van der Waals surface area contributed by atoms with Crippen molar-refractivity contribution in [1.82, 2.24) is 4.90 Å². The summed E-state index contributed by atoms with van der Waals surface area (Å²) >= 11 is 0. The Hall–Kier alpha value is -1.33. The molecule has 80 valence electrons.